The van der Waals surface area contributed by atoms with E-state index in [1.165, 1.54) is 0 Å². The van der Waals surface area contributed by atoms with Crippen molar-refractivity contribution in [3.63, 3.8) is 0 Å². The van der Waals surface area contributed by atoms with Crippen molar-refractivity contribution in [2.24, 2.45) is 5.92 Å². The second-order valence-corrected chi connectivity index (χ2v) is 7.74. The molecule has 0 spiro atoms. The van der Waals surface area contributed by atoms with Gasteiger partial charge in [-0.3, -0.25) is 14.4 Å². The number of carbonyl (C=O) groups is 3. The van der Waals surface area contributed by atoms with Gasteiger partial charge in [-0.05, 0) is 37.6 Å². The van der Waals surface area contributed by atoms with Gasteiger partial charge in [-0.15, -0.1) is 0 Å². The Morgan fingerprint density at radius 3 is 2.52 bits per heavy atom. The lowest BCUT2D eigenvalue weighted by atomic mass is 10.1. The van der Waals surface area contributed by atoms with Crippen LogP contribution in [0, 0.1) is 19.8 Å². The van der Waals surface area contributed by atoms with E-state index in [4.69, 9.17) is 27.9 Å². The topological polar surface area (TPSA) is 75.7 Å². The summed E-state index contributed by atoms with van der Waals surface area (Å²) in [5.74, 6) is -1.93. The first-order valence-electron chi connectivity index (χ1n) is 9.04. The molecule has 0 radical (unpaired) electrons. The predicted octanol–water partition coefficient (Wildman–Crippen LogP) is 4.15. The van der Waals surface area contributed by atoms with Crippen LogP contribution in [0.4, 0.5) is 11.4 Å². The molecule has 2 amide bonds. The van der Waals surface area contributed by atoms with Gasteiger partial charge < -0.3 is 15.0 Å². The first-order chi connectivity index (χ1) is 13.8. The molecule has 0 unspecified atom stereocenters. The number of aryl methyl sites for hydroxylation is 2. The highest BCUT2D eigenvalue weighted by atomic mass is 35.5. The predicted molar refractivity (Wildman–Crippen MR) is 112 cm³/mol. The van der Waals surface area contributed by atoms with E-state index in [2.05, 4.69) is 5.32 Å². The number of anilines is 2. The lowest BCUT2D eigenvalue weighted by Crippen LogP contribution is -2.28. The minimum absolute atomic E-state index is 0.0455. The molecule has 0 saturated carbocycles. The molecule has 152 valence electrons. The van der Waals surface area contributed by atoms with E-state index >= 15 is 0 Å². The van der Waals surface area contributed by atoms with Crippen molar-refractivity contribution >= 4 is 52.4 Å². The second kappa shape index (κ2) is 8.84. The summed E-state index contributed by atoms with van der Waals surface area (Å²) in [5, 5.41) is 3.17. The average Bonchev–Trinajstić information content (AvgIpc) is 3.08. The highest BCUT2D eigenvalue weighted by Gasteiger charge is 2.36. The standard InChI is InChI=1S/C21H20Cl2N2O4/c1-12-3-6-15(7-4-12)25-10-14(9-18(25)27)21(28)29-11-17(26)24-20-16(22)8-5-13(2)19(20)23/h3-8,14H,9-11H2,1-2H3,(H,24,26)/t14-/m0/s1. The van der Waals surface area contributed by atoms with E-state index < -0.39 is 24.4 Å². The maximum absolute atomic E-state index is 12.3. The van der Waals surface area contributed by atoms with Crippen molar-refractivity contribution in [2.75, 3.05) is 23.4 Å². The van der Waals surface area contributed by atoms with E-state index in [0.29, 0.717) is 5.02 Å². The van der Waals surface area contributed by atoms with Gasteiger partial charge in [0.15, 0.2) is 6.61 Å². The Morgan fingerprint density at radius 1 is 1.14 bits per heavy atom. The largest absolute Gasteiger partial charge is 0.455 e. The van der Waals surface area contributed by atoms with Crippen molar-refractivity contribution in [2.45, 2.75) is 20.3 Å². The molecule has 29 heavy (non-hydrogen) atoms. The molecular formula is C21H20Cl2N2O4. The zero-order valence-corrected chi connectivity index (χ0v) is 17.5. The van der Waals surface area contributed by atoms with Gasteiger partial charge in [-0.25, -0.2) is 0 Å². The van der Waals surface area contributed by atoms with Crippen LogP contribution < -0.4 is 10.2 Å². The maximum Gasteiger partial charge on any atom is 0.311 e. The Labute approximate surface area is 178 Å². The van der Waals surface area contributed by atoms with Crippen LogP contribution in [0.15, 0.2) is 36.4 Å². The molecule has 1 N–H and O–H groups in total. The van der Waals surface area contributed by atoms with Gasteiger partial charge in [-0.2, -0.15) is 0 Å². The van der Waals surface area contributed by atoms with Crippen LogP contribution in [0.2, 0.25) is 10.0 Å². The first kappa shape index (κ1) is 21.1. The van der Waals surface area contributed by atoms with Crippen molar-refractivity contribution in [1.29, 1.82) is 0 Å². The summed E-state index contributed by atoms with van der Waals surface area (Å²) in [5.41, 5.74) is 2.84. The molecule has 1 atom stereocenters. The summed E-state index contributed by atoms with van der Waals surface area (Å²) in [6, 6.07) is 10.8. The molecule has 2 aromatic rings. The van der Waals surface area contributed by atoms with E-state index in [0.717, 1.165) is 16.8 Å². The molecule has 2 aromatic carbocycles. The third-order valence-corrected chi connectivity index (χ3v) is 5.50. The number of hydrogen-bond donors (Lipinski definition) is 1. The van der Waals surface area contributed by atoms with Crippen LogP contribution in [-0.4, -0.2) is 30.9 Å². The number of benzene rings is 2. The van der Waals surface area contributed by atoms with Crippen molar-refractivity contribution in [1.82, 2.24) is 0 Å². The molecule has 0 aliphatic carbocycles. The highest BCUT2D eigenvalue weighted by Crippen LogP contribution is 2.33. The number of halogens is 2. The number of nitrogens with one attached hydrogen (secondary N) is 1. The summed E-state index contributed by atoms with van der Waals surface area (Å²) < 4.78 is 5.11. The quantitative estimate of drug-likeness (QED) is 0.717. The normalized spacial score (nSPS) is 16.1. The van der Waals surface area contributed by atoms with Crippen LogP contribution in [0.3, 0.4) is 0 Å². The van der Waals surface area contributed by atoms with E-state index in [-0.39, 0.29) is 29.6 Å². The lowest BCUT2D eigenvalue weighted by molar-refractivity contribution is -0.151. The SMILES string of the molecule is Cc1ccc(N2C[C@@H](C(=O)OCC(=O)Nc3c(Cl)ccc(C)c3Cl)CC2=O)cc1. The Kier molecular flexibility index (Phi) is 6.45. The molecule has 0 bridgehead atoms. The van der Waals surface area contributed by atoms with E-state index in [1.54, 1.807) is 24.0 Å². The van der Waals surface area contributed by atoms with Crippen LogP contribution in [0.25, 0.3) is 0 Å². The number of rotatable bonds is 5. The molecule has 3 rings (SSSR count). The molecule has 1 aliphatic rings. The molecule has 8 heteroatoms. The van der Waals surface area contributed by atoms with E-state index in [1.807, 2.05) is 31.2 Å². The molecule has 1 heterocycles. The number of carbonyl (C=O) groups excluding carboxylic acids is 3. The lowest BCUT2D eigenvalue weighted by Gasteiger charge is -2.16. The van der Waals surface area contributed by atoms with Crippen LogP contribution in [0.5, 0.6) is 0 Å². The van der Waals surface area contributed by atoms with Crippen LogP contribution >= 0.6 is 23.2 Å². The fourth-order valence-corrected chi connectivity index (χ4v) is 3.51. The Morgan fingerprint density at radius 2 is 1.83 bits per heavy atom. The van der Waals surface area contributed by atoms with Crippen LogP contribution in [0.1, 0.15) is 17.5 Å². The molecule has 1 aliphatic heterocycles. The van der Waals surface area contributed by atoms with Gasteiger partial charge in [0, 0.05) is 18.7 Å². The third kappa shape index (κ3) is 4.89. The fraction of sp³-hybridized carbons (Fsp3) is 0.286. The molecule has 1 fully saturated rings. The minimum atomic E-state index is -0.622. The number of hydrogen-bond acceptors (Lipinski definition) is 4. The zero-order valence-electron chi connectivity index (χ0n) is 16.0. The third-order valence-electron chi connectivity index (χ3n) is 4.70. The monoisotopic (exact) mass is 434 g/mol. The first-order valence-corrected chi connectivity index (χ1v) is 9.80. The molecule has 6 nitrogen and oxygen atoms in total. The number of esters is 1. The van der Waals surface area contributed by atoms with Gasteiger partial charge >= 0.3 is 5.97 Å². The summed E-state index contributed by atoms with van der Waals surface area (Å²) in [4.78, 5) is 38.3. The van der Waals surface area contributed by atoms with Gasteiger partial charge in [0.05, 0.1) is 21.7 Å². The summed E-state index contributed by atoms with van der Waals surface area (Å²) in [6.07, 6.45) is 0.0455. The van der Waals surface area contributed by atoms with Gasteiger partial charge in [0.2, 0.25) is 5.91 Å². The fourth-order valence-electron chi connectivity index (χ4n) is 3.04. The smallest absolute Gasteiger partial charge is 0.311 e. The highest BCUT2D eigenvalue weighted by molar-refractivity contribution is 6.40. The van der Waals surface area contributed by atoms with Crippen molar-refractivity contribution in [3.05, 3.63) is 57.6 Å². The summed E-state index contributed by atoms with van der Waals surface area (Å²) in [6.45, 7) is 3.47. The molecule has 0 aromatic heterocycles. The number of amides is 2. The van der Waals surface area contributed by atoms with Gasteiger partial charge in [0.25, 0.3) is 5.91 Å². The number of nitrogens with zero attached hydrogens (tertiary/aromatic N) is 1. The minimum Gasteiger partial charge on any atom is -0.455 e. The Hall–Kier alpha value is -2.57. The molecule has 1 saturated heterocycles. The Balaban J connectivity index is 1.56. The summed E-state index contributed by atoms with van der Waals surface area (Å²) >= 11 is 12.2. The van der Waals surface area contributed by atoms with Crippen LogP contribution in [-0.2, 0) is 19.1 Å². The molecular weight excluding hydrogens is 415 g/mol. The maximum atomic E-state index is 12.3. The second-order valence-electron chi connectivity index (χ2n) is 6.95. The average molecular weight is 435 g/mol. The van der Waals surface area contributed by atoms with Gasteiger partial charge in [-0.1, -0.05) is 47.0 Å². The van der Waals surface area contributed by atoms with Crippen molar-refractivity contribution < 1.29 is 19.1 Å². The Bertz CT molecular complexity index is 960. The summed E-state index contributed by atoms with van der Waals surface area (Å²) in [7, 11) is 0. The van der Waals surface area contributed by atoms with E-state index in [9.17, 15) is 14.4 Å². The number of ether oxygens (including phenoxy) is 1. The van der Waals surface area contributed by atoms with Crippen molar-refractivity contribution in [3.8, 4) is 0 Å². The van der Waals surface area contributed by atoms with Gasteiger partial charge in [0.1, 0.15) is 0 Å². The zero-order chi connectivity index (χ0) is 21.1.